The van der Waals surface area contributed by atoms with Crippen molar-refractivity contribution in [2.75, 3.05) is 4.90 Å². The highest BCUT2D eigenvalue weighted by Gasteiger charge is 2.18. The van der Waals surface area contributed by atoms with Crippen LogP contribution in [0.2, 0.25) is 0 Å². The number of fused-ring (bicyclic) bond motifs is 4. The summed E-state index contributed by atoms with van der Waals surface area (Å²) in [6.07, 6.45) is 0. The summed E-state index contributed by atoms with van der Waals surface area (Å²) in [7, 11) is 0. The molecule has 11 rings (SSSR count). The van der Waals surface area contributed by atoms with Crippen molar-refractivity contribution in [3.8, 4) is 50.2 Å². The van der Waals surface area contributed by atoms with Gasteiger partial charge in [0.25, 0.3) is 0 Å². The van der Waals surface area contributed by atoms with Crippen molar-refractivity contribution < 1.29 is 0 Å². The lowest BCUT2D eigenvalue weighted by atomic mass is 9.95. The van der Waals surface area contributed by atoms with E-state index in [1.165, 1.54) is 71.5 Å². The molecule has 0 N–H and O–H groups in total. The van der Waals surface area contributed by atoms with Crippen LogP contribution in [0.15, 0.2) is 243 Å². The van der Waals surface area contributed by atoms with E-state index in [4.69, 9.17) is 0 Å². The zero-order chi connectivity index (χ0) is 39.8. The highest BCUT2D eigenvalue weighted by Crippen LogP contribution is 2.41. The van der Waals surface area contributed by atoms with E-state index in [1.807, 2.05) is 0 Å². The highest BCUT2D eigenvalue weighted by atomic mass is 15.1. The molecule has 282 valence electrons. The smallest absolute Gasteiger partial charge is 0.0547 e. The van der Waals surface area contributed by atoms with Crippen molar-refractivity contribution in [2.24, 2.45) is 0 Å². The Morgan fingerprint density at radius 3 is 1.57 bits per heavy atom. The summed E-state index contributed by atoms with van der Waals surface area (Å²) in [5.41, 5.74) is 16.4. The van der Waals surface area contributed by atoms with E-state index in [1.54, 1.807) is 0 Å². The molecule has 1 aromatic heterocycles. The molecule has 0 amide bonds. The normalized spacial score (nSPS) is 11.3. The first-order valence-electron chi connectivity index (χ1n) is 20.6. The zero-order valence-electron chi connectivity index (χ0n) is 33.0. The molecule has 0 saturated heterocycles. The highest BCUT2D eigenvalue weighted by molar-refractivity contribution is 6.16. The number of rotatable bonds is 8. The molecule has 0 fully saturated rings. The SMILES string of the molecule is c1ccc(-c2ccc(N(c3ccc(-c4ccc5ccccc5c4)cc3)c3cccc(-c4cccc(-c5cccc6c5c5ccccc5n6-c5ccccc5)c4)c3)cc2)cc1. The molecule has 0 aliphatic carbocycles. The fraction of sp³-hybridized carbons (Fsp3) is 0. The van der Waals surface area contributed by atoms with Crippen LogP contribution in [0.1, 0.15) is 0 Å². The number of aromatic nitrogens is 1. The van der Waals surface area contributed by atoms with E-state index in [0.29, 0.717) is 0 Å². The van der Waals surface area contributed by atoms with Crippen LogP contribution in [-0.2, 0) is 0 Å². The molecule has 60 heavy (non-hydrogen) atoms. The lowest BCUT2D eigenvalue weighted by Crippen LogP contribution is -2.10. The summed E-state index contributed by atoms with van der Waals surface area (Å²) in [5, 5.41) is 5.01. The van der Waals surface area contributed by atoms with E-state index >= 15 is 0 Å². The maximum absolute atomic E-state index is 2.39. The molecule has 0 bridgehead atoms. The van der Waals surface area contributed by atoms with Gasteiger partial charge in [-0.3, -0.25) is 0 Å². The second-order valence-electron chi connectivity index (χ2n) is 15.4. The number of para-hydroxylation sites is 2. The van der Waals surface area contributed by atoms with Crippen LogP contribution in [0.3, 0.4) is 0 Å². The molecule has 0 aliphatic rings. The summed E-state index contributed by atoms with van der Waals surface area (Å²) in [6, 6.07) is 87.8. The number of benzene rings is 10. The van der Waals surface area contributed by atoms with Crippen molar-refractivity contribution in [3.63, 3.8) is 0 Å². The predicted molar refractivity (Wildman–Crippen MR) is 255 cm³/mol. The van der Waals surface area contributed by atoms with Gasteiger partial charge in [-0.05, 0) is 128 Å². The fourth-order valence-corrected chi connectivity index (χ4v) is 8.86. The minimum Gasteiger partial charge on any atom is -0.310 e. The summed E-state index contributed by atoms with van der Waals surface area (Å²) in [4.78, 5) is 2.37. The van der Waals surface area contributed by atoms with Gasteiger partial charge in [0, 0.05) is 33.5 Å². The fourth-order valence-electron chi connectivity index (χ4n) is 8.86. The van der Waals surface area contributed by atoms with E-state index in [2.05, 4.69) is 252 Å². The first-order valence-corrected chi connectivity index (χ1v) is 20.6. The van der Waals surface area contributed by atoms with E-state index in [-0.39, 0.29) is 0 Å². The van der Waals surface area contributed by atoms with Crippen LogP contribution in [0.5, 0.6) is 0 Å². The van der Waals surface area contributed by atoms with Gasteiger partial charge in [0.2, 0.25) is 0 Å². The third kappa shape index (κ3) is 6.41. The summed E-state index contributed by atoms with van der Waals surface area (Å²) >= 11 is 0. The molecule has 0 radical (unpaired) electrons. The maximum Gasteiger partial charge on any atom is 0.0547 e. The maximum atomic E-state index is 2.39. The van der Waals surface area contributed by atoms with Crippen molar-refractivity contribution in [1.29, 1.82) is 0 Å². The Balaban J connectivity index is 0.998. The molecular weight excluding hydrogens is 725 g/mol. The quantitative estimate of drug-likeness (QED) is 0.150. The lowest BCUT2D eigenvalue weighted by Gasteiger charge is -2.26. The summed E-state index contributed by atoms with van der Waals surface area (Å²) in [5.74, 6) is 0. The summed E-state index contributed by atoms with van der Waals surface area (Å²) < 4.78 is 2.39. The first kappa shape index (κ1) is 35.2. The third-order valence-electron chi connectivity index (χ3n) is 11.8. The molecule has 1 heterocycles. The van der Waals surface area contributed by atoms with Crippen LogP contribution in [0, 0.1) is 0 Å². The van der Waals surface area contributed by atoms with Gasteiger partial charge in [-0.2, -0.15) is 0 Å². The average Bonchev–Trinajstić information content (AvgIpc) is 3.67. The van der Waals surface area contributed by atoms with Gasteiger partial charge in [0.05, 0.1) is 11.0 Å². The Kier molecular flexibility index (Phi) is 8.87. The Morgan fingerprint density at radius 2 is 0.800 bits per heavy atom. The zero-order valence-corrected chi connectivity index (χ0v) is 33.0. The van der Waals surface area contributed by atoms with Gasteiger partial charge >= 0.3 is 0 Å². The Bertz CT molecular complexity index is 3290. The average molecular weight is 765 g/mol. The molecule has 0 atom stereocenters. The van der Waals surface area contributed by atoms with Crippen molar-refractivity contribution in [3.05, 3.63) is 243 Å². The standard InChI is InChI=1S/C58H40N2/c1-3-14-41(15-4-1)43-30-34-51(35-31-43)59(52-36-32-44(33-37-52)48-29-28-42-16-7-8-17-45(42)38-48)53-23-12-19-47(40-53)46-18-11-20-49(39-46)54-25-13-27-57-58(54)55-24-9-10-26-56(55)60(57)50-21-5-2-6-22-50/h1-40H. The van der Waals surface area contributed by atoms with Crippen LogP contribution in [-0.4, -0.2) is 4.57 Å². The van der Waals surface area contributed by atoms with Crippen molar-refractivity contribution in [1.82, 2.24) is 4.57 Å². The van der Waals surface area contributed by atoms with E-state index < -0.39 is 0 Å². The molecule has 2 heteroatoms. The van der Waals surface area contributed by atoms with E-state index in [0.717, 1.165) is 28.3 Å². The Hall–Kier alpha value is -7.94. The van der Waals surface area contributed by atoms with Crippen molar-refractivity contribution >= 4 is 49.6 Å². The monoisotopic (exact) mass is 764 g/mol. The molecule has 2 nitrogen and oxygen atoms in total. The second kappa shape index (κ2) is 15.1. The Morgan fingerprint density at radius 1 is 0.283 bits per heavy atom. The van der Waals surface area contributed by atoms with Gasteiger partial charge in [-0.15, -0.1) is 0 Å². The second-order valence-corrected chi connectivity index (χ2v) is 15.4. The minimum absolute atomic E-state index is 1.09. The predicted octanol–water partition coefficient (Wildman–Crippen LogP) is 16.1. The minimum atomic E-state index is 1.09. The lowest BCUT2D eigenvalue weighted by molar-refractivity contribution is 1.18. The molecular formula is C58H40N2. The van der Waals surface area contributed by atoms with Crippen LogP contribution >= 0.6 is 0 Å². The van der Waals surface area contributed by atoms with E-state index in [9.17, 15) is 0 Å². The van der Waals surface area contributed by atoms with Gasteiger partial charge < -0.3 is 9.47 Å². The molecule has 0 unspecified atom stereocenters. The molecule has 0 spiro atoms. The first-order chi connectivity index (χ1) is 29.7. The van der Waals surface area contributed by atoms with Crippen molar-refractivity contribution in [2.45, 2.75) is 0 Å². The number of anilines is 3. The van der Waals surface area contributed by atoms with Gasteiger partial charge in [-0.25, -0.2) is 0 Å². The third-order valence-corrected chi connectivity index (χ3v) is 11.8. The van der Waals surface area contributed by atoms with Gasteiger partial charge in [0.1, 0.15) is 0 Å². The van der Waals surface area contributed by atoms with Crippen LogP contribution in [0.4, 0.5) is 17.1 Å². The topological polar surface area (TPSA) is 8.17 Å². The molecule has 0 saturated carbocycles. The summed E-state index contributed by atoms with van der Waals surface area (Å²) in [6.45, 7) is 0. The largest absolute Gasteiger partial charge is 0.310 e. The van der Waals surface area contributed by atoms with Gasteiger partial charge in [-0.1, -0.05) is 170 Å². The number of hydrogen-bond donors (Lipinski definition) is 0. The van der Waals surface area contributed by atoms with Crippen LogP contribution < -0.4 is 4.90 Å². The number of hydrogen-bond acceptors (Lipinski definition) is 1. The Labute approximate surface area is 350 Å². The molecule has 0 aliphatic heterocycles. The van der Waals surface area contributed by atoms with Crippen LogP contribution in [0.25, 0.3) is 82.8 Å². The number of nitrogens with zero attached hydrogens (tertiary/aromatic N) is 2. The molecule has 10 aromatic carbocycles. The molecule has 11 aromatic rings. The van der Waals surface area contributed by atoms with Gasteiger partial charge in [0.15, 0.2) is 0 Å².